The van der Waals surface area contributed by atoms with E-state index < -0.39 is 0 Å². The Balaban J connectivity index is 2.60. The van der Waals surface area contributed by atoms with Gasteiger partial charge in [0.05, 0.1) is 11.4 Å². The lowest BCUT2D eigenvalue weighted by molar-refractivity contribution is 0.645. The van der Waals surface area contributed by atoms with Gasteiger partial charge in [0.15, 0.2) is 0 Å². The predicted octanol–water partition coefficient (Wildman–Crippen LogP) is 3.57. The minimum atomic E-state index is 0.494. The van der Waals surface area contributed by atoms with Crippen molar-refractivity contribution >= 4 is 11.4 Å². The number of nitrogen functional groups attached to an aromatic ring is 1. The van der Waals surface area contributed by atoms with Gasteiger partial charge in [-0.25, -0.2) is 0 Å². The molecule has 1 atom stereocenters. The fraction of sp³-hybridized carbons (Fsp3) is 0.538. The number of para-hydroxylation sites is 1. The zero-order valence-corrected chi connectivity index (χ0v) is 10.0. The fourth-order valence-electron chi connectivity index (χ4n) is 1.65. The largest absolute Gasteiger partial charge is 0.397 e. The maximum Gasteiger partial charge on any atom is 0.0579 e. The summed E-state index contributed by atoms with van der Waals surface area (Å²) in [5.74, 6) is 0. The summed E-state index contributed by atoms with van der Waals surface area (Å²) >= 11 is 0. The van der Waals surface area contributed by atoms with Gasteiger partial charge in [-0.2, -0.15) is 0 Å². The first kappa shape index (κ1) is 11.9. The molecular formula is C13H22N2. The van der Waals surface area contributed by atoms with Crippen LogP contribution < -0.4 is 11.1 Å². The maximum atomic E-state index is 6.00. The van der Waals surface area contributed by atoms with Crippen molar-refractivity contribution in [1.82, 2.24) is 0 Å². The van der Waals surface area contributed by atoms with E-state index in [1.165, 1.54) is 19.3 Å². The van der Waals surface area contributed by atoms with E-state index in [0.717, 1.165) is 16.9 Å². The Bertz CT molecular complexity index is 307. The molecule has 1 rings (SSSR count). The molecule has 0 radical (unpaired) electrons. The molecular weight excluding hydrogens is 184 g/mol. The van der Waals surface area contributed by atoms with Crippen LogP contribution >= 0.6 is 0 Å². The molecule has 1 unspecified atom stereocenters. The minimum Gasteiger partial charge on any atom is -0.397 e. The second-order valence-corrected chi connectivity index (χ2v) is 4.22. The number of unbranched alkanes of at least 4 members (excludes halogenated alkanes) is 1. The molecule has 0 aromatic heterocycles. The minimum absolute atomic E-state index is 0.494. The van der Waals surface area contributed by atoms with E-state index in [1.54, 1.807) is 0 Å². The highest BCUT2D eigenvalue weighted by Gasteiger charge is 2.05. The van der Waals surface area contributed by atoms with Crippen LogP contribution in [0, 0.1) is 6.92 Å². The number of aryl methyl sites for hydroxylation is 1. The first-order valence-electron chi connectivity index (χ1n) is 5.76. The van der Waals surface area contributed by atoms with Crippen molar-refractivity contribution in [2.45, 2.75) is 46.1 Å². The first-order valence-corrected chi connectivity index (χ1v) is 5.76. The highest BCUT2D eigenvalue weighted by atomic mass is 14.9. The SMILES string of the molecule is CCCCC(C)Nc1cccc(C)c1N. The van der Waals surface area contributed by atoms with Crippen LogP contribution in [-0.2, 0) is 0 Å². The summed E-state index contributed by atoms with van der Waals surface area (Å²) in [7, 11) is 0. The molecule has 0 heterocycles. The molecule has 0 aliphatic heterocycles. The van der Waals surface area contributed by atoms with Crippen molar-refractivity contribution in [3.63, 3.8) is 0 Å². The van der Waals surface area contributed by atoms with Crippen LogP contribution in [0.25, 0.3) is 0 Å². The number of nitrogens with two attached hydrogens (primary N) is 1. The van der Waals surface area contributed by atoms with Gasteiger partial charge in [-0.1, -0.05) is 31.9 Å². The van der Waals surface area contributed by atoms with Gasteiger partial charge in [0, 0.05) is 6.04 Å². The van der Waals surface area contributed by atoms with Gasteiger partial charge >= 0.3 is 0 Å². The third-order valence-corrected chi connectivity index (χ3v) is 2.72. The van der Waals surface area contributed by atoms with Crippen molar-refractivity contribution in [2.75, 3.05) is 11.1 Å². The number of benzene rings is 1. The monoisotopic (exact) mass is 206 g/mol. The van der Waals surface area contributed by atoms with Crippen LogP contribution in [0.2, 0.25) is 0 Å². The molecule has 2 heteroatoms. The smallest absolute Gasteiger partial charge is 0.0579 e. The van der Waals surface area contributed by atoms with Crippen molar-refractivity contribution in [2.24, 2.45) is 0 Å². The molecule has 0 aliphatic rings. The van der Waals surface area contributed by atoms with Gasteiger partial charge in [-0.05, 0) is 31.9 Å². The molecule has 0 amide bonds. The summed E-state index contributed by atoms with van der Waals surface area (Å²) in [5, 5.41) is 3.46. The van der Waals surface area contributed by atoms with E-state index in [1.807, 2.05) is 25.1 Å². The zero-order valence-electron chi connectivity index (χ0n) is 10.0. The van der Waals surface area contributed by atoms with E-state index in [-0.39, 0.29) is 0 Å². The first-order chi connectivity index (χ1) is 7.15. The van der Waals surface area contributed by atoms with E-state index in [0.29, 0.717) is 6.04 Å². The van der Waals surface area contributed by atoms with Crippen molar-refractivity contribution in [3.05, 3.63) is 23.8 Å². The second kappa shape index (κ2) is 5.64. The molecule has 0 saturated heterocycles. The summed E-state index contributed by atoms with van der Waals surface area (Å²) in [5.41, 5.74) is 9.08. The summed E-state index contributed by atoms with van der Waals surface area (Å²) < 4.78 is 0. The van der Waals surface area contributed by atoms with Crippen LogP contribution in [0.4, 0.5) is 11.4 Å². The number of hydrogen-bond acceptors (Lipinski definition) is 2. The lowest BCUT2D eigenvalue weighted by Gasteiger charge is -2.17. The molecule has 0 aliphatic carbocycles. The average molecular weight is 206 g/mol. The summed E-state index contributed by atoms with van der Waals surface area (Å²) in [6.07, 6.45) is 3.71. The Morgan fingerprint density at radius 3 is 2.80 bits per heavy atom. The number of anilines is 2. The quantitative estimate of drug-likeness (QED) is 0.723. The summed E-state index contributed by atoms with van der Waals surface area (Å²) in [6.45, 7) is 6.46. The highest BCUT2D eigenvalue weighted by Crippen LogP contribution is 2.23. The molecule has 15 heavy (non-hydrogen) atoms. The van der Waals surface area contributed by atoms with Crippen LogP contribution in [0.3, 0.4) is 0 Å². The van der Waals surface area contributed by atoms with Gasteiger partial charge in [-0.15, -0.1) is 0 Å². The number of rotatable bonds is 5. The third kappa shape index (κ3) is 3.46. The Hall–Kier alpha value is -1.18. The Morgan fingerprint density at radius 2 is 2.13 bits per heavy atom. The lowest BCUT2D eigenvalue weighted by Crippen LogP contribution is -2.16. The topological polar surface area (TPSA) is 38.0 Å². The van der Waals surface area contributed by atoms with Gasteiger partial charge in [0.25, 0.3) is 0 Å². The second-order valence-electron chi connectivity index (χ2n) is 4.22. The lowest BCUT2D eigenvalue weighted by atomic mass is 10.1. The molecule has 0 fully saturated rings. The average Bonchev–Trinajstić information content (AvgIpc) is 2.22. The standard InChI is InChI=1S/C13H22N2/c1-4-5-8-11(3)15-12-9-6-7-10(2)13(12)14/h6-7,9,11,15H,4-5,8,14H2,1-3H3. The Labute approximate surface area is 92.9 Å². The van der Waals surface area contributed by atoms with E-state index in [4.69, 9.17) is 5.73 Å². The van der Waals surface area contributed by atoms with E-state index in [9.17, 15) is 0 Å². The van der Waals surface area contributed by atoms with Crippen molar-refractivity contribution in [3.8, 4) is 0 Å². The maximum absolute atomic E-state index is 6.00. The van der Waals surface area contributed by atoms with Gasteiger partial charge in [0.2, 0.25) is 0 Å². The number of nitrogens with one attached hydrogen (secondary N) is 1. The molecule has 1 aromatic rings. The highest BCUT2D eigenvalue weighted by molar-refractivity contribution is 5.69. The zero-order chi connectivity index (χ0) is 11.3. The van der Waals surface area contributed by atoms with Gasteiger partial charge in [0.1, 0.15) is 0 Å². The molecule has 0 saturated carbocycles. The summed E-state index contributed by atoms with van der Waals surface area (Å²) in [4.78, 5) is 0. The molecule has 0 spiro atoms. The van der Waals surface area contributed by atoms with Crippen molar-refractivity contribution < 1.29 is 0 Å². The summed E-state index contributed by atoms with van der Waals surface area (Å²) in [6, 6.07) is 6.62. The van der Waals surface area contributed by atoms with E-state index >= 15 is 0 Å². The van der Waals surface area contributed by atoms with Crippen molar-refractivity contribution in [1.29, 1.82) is 0 Å². The predicted molar refractivity (Wildman–Crippen MR) is 68.2 cm³/mol. The fourth-order valence-corrected chi connectivity index (χ4v) is 1.65. The third-order valence-electron chi connectivity index (χ3n) is 2.72. The Kier molecular flexibility index (Phi) is 4.47. The van der Waals surface area contributed by atoms with Crippen LogP contribution in [-0.4, -0.2) is 6.04 Å². The molecule has 0 bridgehead atoms. The molecule has 1 aromatic carbocycles. The van der Waals surface area contributed by atoms with Gasteiger partial charge < -0.3 is 11.1 Å². The van der Waals surface area contributed by atoms with Gasteiger partial charge in [-0.3, -0.25) is 0 Å². The van der Waals surface area contributed by atoms with E-state index in [2.05, 4.69) is 19.2 Å². The molecule has 2 nitrogen and oxygen atoms in total. The normalized spacial score (nSPS) is 12.5. The van der Waals surface area contributed by atoms with Crippen LogP contribution in [0.5, 0.6) is 0 Å². The molecule has 84 valence electrons. The Morgan fingerprint density at radius 1 is 1.40 bits per heavy atom. The molecule has 3 N–H and O–H groups in total. The van der Waals surface area contributed by atoms with Crippen LogP contribution in [0.15, 0.2) is 18.2 Å². The van der Waals surface area contributed by atoms with Crippen LogP contribution in [0.1, 0.15) is 38.7 Å². The number of hydrogen-bond donors (Lipinski definition) is 2.